The van der Waals surface area contributed by atoms with Crippen LogP contribution in [0.4, 0.5) is 4.39 Å². The van der Waals surface area contributed by atoms with Crippen LogP contribution in [0, 0.1) is 11.7 Å². The number of amides is 1. The Morgan fingerprint density at radius 1 is 1.43 bits per heavy atom. The maximum Gasteiger partial charge on any atom is 0.223 e. The van der Waals surface area contributed by atoms with Crippen molar-refractivity contribution in [2.75, 3.05) is 13.2 Å². The van der Waals surface area contributed by atoms with Crippen molar-refractivity contribution in [3.8, 4) is 0 Å². The molecule has 1 aromatic carbocycles. The van der Waals surface area contributed by atoms with Gasteiger partial charge in [0.15, 0.2) is 0 Å². The first kappa shape index (κ1) is 17.9. The number of carbonyl (C=O) groups excluding carboxylic acids is 1. The smallest absolute Gasteiger partial charge is 0.223 e. The largest absolute Gasteiger partial charge is 0.384 e. The minimum Gasteiger partial charge on any atom is -0.384 e. The number of halogens is 1. The van der Waals surface area contributed by atoms with Gasteiger partial charge in [0.25, 0.3) is 0 Å². The molecule has 1 aliphatic heterocycles. The standard InChI is InChI=1S/C18H26FNO3/c1-3-4-16-11-13(9-10-23-16)17(21)20-12-18(2,22)14-5-7-15(19)8-6-14/h5-8,13,16,22H,3-4,9-12H2,1-2H3,(H,20,21). The Kier molecular flexibility index (Phi) is 6.13. The molecule has 2 rings (SSSR count). The second-order valence-electron chi connectivity index (χ2n) is 6.50. The Hall–Kier alpha value is -1.46. The number of rotatable bonds is 6. The molecule has 2 N–H and O–H groups in total. The molecule has 1 heterocycles. The molecule has 1 amide bonds. The van der Waals surface area contributed by atoms with E-state index in [1.807, 2.05) is 0 Å². The number of nitrogens with one attached hydrogen (secondary N) is 1. The van der Waals surface area contributed by atoms with E-state index in [0.29, 0.717) is 18.6 Å². The lowest BCUT2D eigenvalue weighted by molar-refractivity contribution is -0.131. The van der Waals surface area contributed by atoms with Crippen molar-refractivity contribution >= 4 is 5.91 Å². The third-order valence-electron chi connectivity index (χ3n) is 4.42. The fourth-order valence-corrected chi connectivity index (χ4v) is 2.96. The molecule has 128 valence electrons. The van der Waals surface area contributed by atoms with Gasteiger partial charge in [-0.1, -0.05) is 25.5 Å². The van der Waals surface area contributed by atoms with Gasteiger partial charge in [-0.25, -0.2) is 4.39 Å². The van der Waals surface area contributed by atoms with Crippen LogP contribution in [-0.2, 0) is 15.1 Å². The fourth-order valence-electron chi connectivity index (χ4n) is 2.96. The van der Waals surface area contributed by atoms with E-state index in [4.69, 9.17) is 4.74 Å². The van der Waals surface area contributed by atoms with E-state index in [-0.39, 0.29) is 30.3 Å². The van der Waals surface area contributed by atoms with Crippen molar-refractivity contribution in [2.24, 2.45) is 5.92 Å². The van der Waals surface area contributed by atoms with Gasteiger partial charge in [0, 0.05) is 12.5 Å². The molecule has 0 aromatic heterocycles. The zero-order valence-corrected chi connectivity index (χ0v) is 13.8. The Balaban J connectivity index is 1.88. The van der Waals surface area contributed by atoms with E-state index < -0.39 is 5.60 Å². The van der Waals surface area contributed by atoms with E-state index in [2.05, 4.69) is 12.2 Å². The van der Waals surface area contributed by atoms with Gasteiger partial charge in [0.2, 0.25) is 5.91 Å². The minimum absolute atomic E-state index is 0.0446. The van der Waals surface area contributed by atoms with Crippen LogP contribution >= 0.6 is 0 Å². The molecule has 0 bridgehead atoms. The summed E-state index contributed by atoms with van der Waals surface area (Å²) in [5.41, 5.74) is -0.646. The first-order chi connectivity index (χ1) is 10.9. The van der Waals surface area contributed by atoms with Crippen LogP contribution in [0.1, 0.15) is 45.1 Å². The summed E-state index contributed by atoms with van der Waals surface area (Å²) in [6.45, 7) is 4.43. The number of carbonyl (C=O) groups is 1. The van der Waals surface area contributed by atoms with E-state index in [1.54, 1.807) is 6.92 Å². The molecule has 1 aromatic rings. The van der Waals surface area contributed by atoms with E-state index in [1.165, 1.54) is 24.3 Å². The maximum atomic E-state index is 13.0. The molecule has 3 atom stereocenters. The van der Waals surface area contributed by atoms with Gasteiger partial charge in [-0.3, -0.25) is 4.79 Å². The second kappa shape index (κ2) is 7.88. The molecular weight excluding hydrogens is 297 g/mol. The first-order valence-corrected chi connectivity index (χ1v) is 8.30. The molecular formula is C18H26FNO3. The quantitative estimate of drug-likeness (QED) is 0.846. The number of benzene rings is 1. The van der Waals surface area contributed by atoms with Crippen LogP contribution in [-0.4, -0.2) is 30.3 Å². The van der Waals surface area contributed by atoms with Gasteiger partial charge in [-0.15, -0.1) is 0 Å². The molecule has 1 saturated heterocycles. The summed E-state index contributed by atoms with van der Waals surface area (Å²) in [4.78, 5) is 12.3. The van der Waals surface area contributed by atoms with Crippen LogP contribution in [0.15, 0.2) is 24.3 Å². The summed E-state index contributed by atoms with van der Waals surface area (Å²) in [6.07, 6.45) is 3.61. The summed E-state index contributed by atoms with van der Waals surface area (Å²) in [5.74, 6) is -0.459. The van der Waals surface area contributed by atoms with E-state index in [9.17, 15) is 14.3 Å². The molecule has 5 heteroatoms. The first-order valence-electron chi connectivity index (χ1n) is 8.30. The topological polar surface area (TPSA) is 58.6 Å². The lowest BCUT2D eigenvalue weighted by atomic mass is 9.91. The predicted octanol–water partition coefficient (Wildman–Crippen LogP) is 2.74. The third-order valence-corrected chi connectivity index (χ3v) is 4.42. The number of hydrogen-bond donors (Lipinski definition) is 2. The van der Waals surface area contributed by atoms with Gasteiger partial charge < -0.3 is 15.2 Å². The Labute approximate surface area is 137 Å². The highest BCUT2D eigenvalue weighted by molar-refractivity contribution is 5.78. The maximum absolute atomic E-state index is 13.0. The number of ether oxygens (including phenoxy) is 1. The van der Waals surface area contributed by atoms with Gasteiger partial charge >= 0.3 is 0 Å². The van der Waals surface area contributed by atoms with Crippen molar-refractivity contribution in [3.05, 3.63) is 35.6 Å². The summed E-state index contributed by atoms with van der Waals surface area (Å²) >= 11 is 0. The SMILES string of the molecule is CCCC1CC(C(=O)NCC(C)(O)c2ccc(F)cc2)CCO1. The number of aliphatic hydroxyl groups is 1. The average Bonchev–Trinajstić information content (AvgIpc) is 2.54. The molecule has 0 radical (unpaired) electrons. The van der Waals surface area contributed by atoms with Crippen molar-refractivity contribution in [1.29, 1.82) is 0 Å². The number of hydrogen-bond acceptors (Lipinski definition) is 3. The zero-order chi connectivity index (χ0) is 16.9. The van der Waals surface area contributed by atoms with Crippen LogP contribution in [0.25, 0.3) is 0 Å². The summed E-state index contributed by atoms with van der Waals surface area (Å²) in [7, 11) is 0. The third kappa shape index (κ3) is 5.01. The van der Waals surface area contributed by atoms with Gasteiger partial charge in [-0.2, -0.15) is 0 Å². The van der Waals surface area contributed by atoms with Gasteiger partial charge in [0.05, 0.1) is 12.6 Å². The summed E-state index contributed by atoms with van der Waals surface area (Å²) in [6, 6.07) is 5.68. The monoisotopic (exact) mass is 323 g/mol. The van der Waals surface area contributed by atoms with Crippen LogP contribution in [0.5, 0.6) is 0 Å². The van der Waals surface area contributed by atoms with Crippen LogP contribution in [0.2, 0.25) is 0 Å². The molecule has 23 heavy (non-hydrogen) atoms. The predicted molar refractivity (Wildman–Crippen MR) is 86.4 cm³/mol. The lowest BCUT2D eigenvalue weighted by Gasteiger charge is -2.30. The van der Waals surface area contributed by atoms with E-state index in [0.717, 1.165) is 19.3 Å². The lowest BCUT2D eigenvalue weighted by Crippen LogP contribution is -2.43. The van der Waals surface area contributed by atoms with Crippen LogP contribution in [0.3, 0.4) is 0 Å². The van der Waals surface area contributed by atoms with Crippen molar-refractivity contribution < 1.29 is 19.0 Å². The molecule has 4 nitrogen and oxygen atoms in total. The highest BCUT2D eigenvalue weighted by atomic mass is 19.1. The minimum atomic E-state index is -1.22. The summed E-state index contributed by atoms with van der Waals surface area (Å²) in [5, 5.41) is 13.3. The molecule has 1 fully saturated rings. The molecule has 0 spiro atoms. The van der Waals surface area contributed by atoms with Gasteiger partial charge in [-0.05, 0) is 43.9 Å². The highest BCUT2D eigenvalue weighted by Crippen LogP contribution is 2.24. The Bertz CT molecular complexity index is 514. The van der Waals surface area contributed by atoms with Crippen molar-refractivity contribution in [1.82, 2.24) is 5.32 Å². The molecule has 3 unspecified atom stereocenters. The highest BCUT2D eigenvalue weighted by Gasteiger charge is 2.30. The molecule has 0 aliphatic carbocycles. The van der Waals surface area contributed by atoms with E-state index >= 15 is 0 Å². The normalized spacial score (nSPS) is 24.0. The molecule has 1 aliphatic rings. The zero-order valence-electron chi connectivity index (χ0n) is 13.8. The van der Waals surface area contributed by atoms with Gasteiger partial charge in [0.1, 0.15) is 11.4 Å². The second-order valence-corrected chi connectivity index (χ2v) is 6.50. The Morgan fingerprint density at radius 3 is 2.78 bits per heavy atom. The fraction of sp³-hybridized carbons (Fsp3) is 0.611. The Morgan fingerprint density at radius 2 is 2.13 bits per heavy atom. The van der Waals surface area contributed by atoms with Crippen molar-refractivity contribution in [3.63, 3.8) is 0 Å². The van der Waals surface area contributed by atoms with Crippen LogP contribution < -0.4 is 5.32 Å². The molecule has 0 saturated carbocycles. The summed E-state index contributed by atoms with van der Waals surface area (Å²) < 4.78 is 18.6. The van der Waals surface area contributed by atoms with Crippen molar-refractivity contribution in [2.45, 2.75) is 51.2 Å². The average molecular weight is 323 g/mol.